The standard InChI is InChI=1S/C12H17N5O2/c1-4-5-17-12(14-15-16-17)8-6-10(18-2)11(19-3)7-9(8)13/h6-7H,4-5,13H2,1-3H3. The summed E-state index contributed by atoms with van der Waals surface area (Å²) in [4.78, 5) is 0. The Morgan fingerprint density at radius 1 is 1.21 bits per heavy atom. The molecule has 2 rings (SSSR count). The van der Waals surface area contributed by atoms with Crippen LogP contribution in [0.4, 0.5) is 5.69 Å². The Hall–Kier alpha value is -2.31. The first-order chi connectivity index (χ1) is 9.21. The zero-order valence-electron chi connectivity index (χ0n) is 11.3. The molecule has 0 unspecified atom stereocenters. The van der Waals surface area contributed by atoms with Gasteiger partial charge in [-0.3, -0.25) is 0 Å². The highest BCUT2D eigenvalue weighted by molar-refractivity contribution is 5.75. The van der Waals surface area contributed by atoms with Crippen LogP contribution in [0, 0.1) is 0 Å². The molecule has 1 aromatic heterocycles. The van der Waals surface area contributed by atoms with Crippen molar-refractivity contribution in [3.05, 3.63) is 12.1 Å². The molecule has 0 aliphatic rings. The van der Waals surface area contributed by atoms with Gasteiger partial charge >= 0.3 is 0 Å². The predicted octanol–water partition coefficient (Wildman–Crippen LogP) is 1.35. The number of benzene rings is 1. The molecule has 0 fully saturated rings. The number of nitrogens with two attached hydrogens (primary N) is 1. The Balaban J connectivity index is 2.52. The molecule has 0 aliphatic carbocycles. The first-order valence-corrected chi connectivity index (χ1v) is 5.99. The van der Waals surface area contributed by atoms with Crippen molar-refractivity contribution in [2.24, 2.45) is 0 Å². The fraction of sp³-hybridized carbons (Fsp3) is 0.417. The van der Waals surface area contributed by atoms with E-state index in [4.69, 9.17) is 15.2 Å². The van der Waals surface area contributed by atoms with Crippen LogP contribution in [0.25, 0.3) is 11.4 Å². The van der Waals surface area contributed by atoms with Crippen LogP contribution in [-0.4, -0.2) is 34.4 Å². The number of aromatic nitrogens is 4. The largest absolute Gasteiger partial charge is 0.493 e. The maximum atomic E-state index is 6.03. The maximum absolute atomic E-state index is 6.03. The Bertz CT molecular complexity index is 567. The number of methoxy groups -OCH3 is 2. The topological polar surface area (TPSA) is 88.1 Å². The molecule has 7 nitrogen and oxygen atoms in total. The van der Waals surface area contributed by atoms with E-state index in [1.54, 1.807) is 31.0 Å². The van der Waals surface area contributed by atoms with Gasteiger partial charge in [-0.1, -0.05) is 6.92 Å². The van der Waals surface area contributed by atoms with Gasteiger partial charge in [0.25, 0.3) is 0 Å². The monoisotopic (exact) mass is 263 g/mol. The average Bonchev–Trinajstić information content (AvgIpc) is 2.87. The highest BCUT2D eigenvalue weighted by Gasteiger charge is 2.15. The summed E-state index contributed by atoms with van der Waals surface area (Å²) >= 11 is 0. The summed E-state index contributed by atoms with van der Waals surface area (Å²) in [6.45, 7) is 2.79. The summed E-state index contributed by atoms with van der Waals surface area (Å²) in [5.41, 5.74) is 7.31. The molecule has 7 heteroatoms. The SMILES string of the molecule is CCCn1nnnc1-c1cc(OC)c(OC)cc1N. The van der Waals surface area contributed by atoms with Crippen LogP contribution in [0.5, 0.6) is 11.5 Å². The smallest absolute Gasteiger partial charge is 0.184 e. The number of rotatable bonds is 5. The van der Waals surface area contributed by atoms with Crippen molar-refractivity contribution < 1.29 is 9.47 Å². The third-order valence-corrected chi connectivity index (χ3v) is 2.76. The van der Waals surface area contributed by atoms with Crippen LogP contribution in [0.1, 0.15) is 13.3 Å². The zero-order chi connectivity index (χ0) is 13.8. The van der Waals surface area contributed by atoms with Crippen molar-refractivity contribution in [1.82, 2.24) is 20.2 Å². The number of hydrogen-bond donors (Lipinski definition) is 1. The minimum atomic E-state index is 0.546. The van der Waals surface area contributed by atoms with E-state index < -0.39 is 0 Å². The number of nitrogen functional groups attached to an aromatic ring is 1. The number of anilines is 1. The van der Waals surface area contributed by atoms with Gasteiger partial charge in [0, 0.05) is 23.9 Å². The molecule has 2 aromatic rings. The molecule has 1 aromatic carbocycles. The molecule has 0 spiro atoms. The molecule has 102 valence electrons. The minimum Gasteiger partial charge on any atom is -0.493 e. The number of ether oxygens (including phenoxy) is 2. The summed E-state index contributed by atoms with van der Waals surface area (Å²) in [7, 11) is 3.14. The molecule has 0 aliphatic heterocycles. The van der Waals surface area contributed by atoms with Crippen LogP contribution in [0.3, 0.4) is 0 Å². The lowest BCUT2D eigenvalue weighted by Crippen LogP contribution is -2.04. The lowest BCUT2D eigenvalue weighted by atomic mass is 10.1. The van der Waals surface area contributed by atoms with Gasteiger partial charge in [-0.2, -0.15) is 0 Å². The van der Waals surface area contributed by atoms with E-state index in [1.165, 1.54) is 0 Å². The van der Waals surface area contributed by atoms with Gasteiger partial charge in [-0.05, 0) is 22.9 Å². The number of tetrazole rings is 1. The van der Waals surface area contributed by atoms with Crippen LogP contribution < -0.4 is 15.2 Å². The first-order valence-electron chi connectivity index (χ1n) is 5.99. The van der Waals surface area contributed by atoms with E-state index in [2.05, 4.69) is 22.4 Å². The van der Waals surface area contributed by atoms with Crippen molar-refractivity contribution in [2.75, 3.05) is 20.0 Å². The summed E-state index contributed by atoms with van der Waals surface area (Å²) in [6, 6.07) is 3.49. The van der Waals surface area contributed by atoms with Crippen LogP contribution in [-0.2, 0) is 6.54 Å². The quantitative estimate of drug-likeness (QED) is 0.819. The van der Waals surface area contributed by atoms with Crippen molar-refractivity contribution in [2.45, 2.75) is 19.9 Å². The fourth-order valence-corrected chi connectivity index (χ4v) is 1.85. The van der Waals surface area contributed by atoms with Crippen molar-refractivity contribution in [3.63, 3.8) is 0 Å². The first kappa shape index (κ1) is 13.1. The molecule has 0 radical (unpaired) electrons. The molecule has 0 atom stereocenters. The molecule has 2 N–H and O–H groups in total. The Morgan fingerprint density at radius 2 is 1.89 bits per heavy atom. The molecule has 0 saturated carbocycles. The van der Waals surface area contributed by atoms with E-state index in [1.807, 2.05) is 0 Å². The van der Waals surface area contributed by atoms with Gasteiger partial charge in [0.2, 0.25) is 0 Å². The molecular weight excluding hydrogens is 246 g/mol. The third-order valence-electron chi connectivity index (χ3n) is 2.76. The molecule has 1 heterocycles. The van der Waals surface area contributed by atoms with Gasteiger partial charge < -0.3 is 15.2 Å². The normalized spacial score (nSPS) is 10.5. The number of hydrogen-bond acceptors (Lipinski definition) is 6. The van der Waals surface area contributed by atoms with Crippen molar-refractivity contribution >= 4 is 5.69 Å². The minimum absolute atomic E-state index is 0.546. The Morgan fingerprint density at radius 3 is 2.53 bits per heavy atom. The van der Waals surface area contributed by atoms with E-state index in [9.17, 15) is 0 Å². The molecule has 19 heavy (non-hydrogen) atoms. The van der Waals surface area contributed by atoms with Crippen molar-refractivity contribution in [1.29, 1.82) is 0 Å². The molecular formula is C12H17N5O2. The highest BCUT2D eigenvalue weighted by Crippen LogP contribution is 2.36. The lowest BCUT2D eigenvalue weighted by Gasteiger charge is -2.12. The second-order valence-electron chi connectivity index (χ2n) is 4.02. The van der Waals surface area contributed by atoms with Crippen LogP contribution in [0.15, 0.2) is 12.1 Å². The summed E-state index contributed by atoms with van der Waals surface area (Å²) in [6.07, 6.45) is 0.936. The van der Waals surface area contributed by atoms with Gasteiger partial charge in [0.05, 0.1) is 14.2 Å². The van der Waals surface area contributed by atoms with E-state index in [-0.39, 0.29) is 0 Å². The summed E-state index contributed by atoms with van der Waals surface area (Å²) < 4.78 is 12.2. The maximum Gasteiger partial charge on any atom is 0.184 e. The molecule has 0 saturated heterocycles. The molecule has 0 bridgehead atoms. The van der Waals surface area contributed by atoms with E-state index >= 15 is 0 Å². The lowest BCUT2D eigenvalue weighted by molar-refractivity contribution is 0.355. The summed E-state index contributed by atoms with van der Waals surface area (Å²) in [5, 5.41) is 11.7. The summed E-state index contributed by atoms with van der Waals surface area (Å²) in [5.74, 6) is 1.80. The van der Waals surface area contributed by atoms with Crippen LogP contribution >= 0.6 is 0 Å². The Labute approximate surface area is 111 Å². The second-order valence-corrected chi connectivity index (χ2v) is 4.02. The van der Waals surface area contributed by atoms with E-state index in [0.717, 1.165) is 18.5 Å². The average molecular weight is 263 g/mol. The fourth-order valence-electron chi connectivity index (χ4n) is 1.85. The second kappa shape index (κ2) is 5.55. The zero-order valence-corrected chi connectivity index (χ0v) is 11.3. The number of aryl methyl sites for hydroxylation is 1. The third kappa shape index (κ3) is 2.44. The van der Waals surface area contributed by atoms with Gasteiger partial charge in [0.1, 0.15) is 0 Å². The predicted molar refractivity (Wildman–Crippen MR) is 71.1 cm³/mol. The molecule has 0 amide bonds. The van der Waals surface area contributed by atoms with Gasteiger partial charge in [-0.25, -0.2) is 4.68 Å². The van der Waals surface area contributed by atoms with Crippen LogP contribution in [0.2, 0.25) is 0 Å². The van der Waals surface area contributed by atoms with E-state index in [0.29, 0.717) is 23.0 Å². The van der Waals surface area contributed by atoms with Gasteiger partial charge in [-0.15, -0.1) is 5.10 Å². The van der Waals surface area contributed by atoms with Crippen molar-refractivity contribution in [3.8, 4) is 22.9 Å². The Kier molecular flexibility index (Phi) is 3.84. The number of nitrogens with zero attached hydrogens (tertiary/aromatic N) is 4. The highest BCUT2D eigenvalue weighted by atomic mass is 16.5. The van der Waals surface area contributed by atoms with Gasteiger partial charge in [0.15, 0.2) is 17.3 Å².